The van der Waals surface area contributed by atoms with Gasteiger partial charge in [0.05, 0.1) is 11.1 Å². The number of benzene rings is 2. The average Bonchev–Trinajstić information content (AvgIpc) is 2.44. The number of aryl methyl sites for hydroxylation is 1. The lowest BCUT2D eigenvalue weighted by Gasteiger charge is -2.19. The van der Waals surface area contributed by atoms with Crippen molar-refractivity contribution in [3.8, 4) is 11.3 Å². The second-order valence-electron chi connectivity index (χ2n) is 4.95. The molecule has 0 unspecified atom stereocenters. The number of hydrogen-bond acceptors (Lipinski definition) is 2. The summed E-state index contributed by atoms with van der Waals surface area (Å²) in [4.78, 5) is 12.2. The van der Waals surface area contributed by atoms with E-state index in [1.807, 2.05) is 24.3 Å². The van der Waals surface area contributed by atoms with Gasteiger partial charge in [-0.3, -0.25) is 4.79 Å². The molecule has 1 aliphatic carbocycles. The van der Waals surface area contributed by atoms with E-state index in [-0.39, 0.29) is 5.56 Å². The third-order valence-corrected chi connectivity index (χ3v) is 3.82. The van der Waals surface area contributed by atoms with Crippen LogP contribution in [0.2, 0.25) is 0 Å². The molecule has 3 nitrogen and oxygen atoms in total. The van der Waals surface area contributed by atoms with Crippen molar-refractivity contribution in [1.29, 1.82) is 0 Å². The lowest BCUT2D eigenvalue weighted by Crippen LogP contribution is -2.22. The van der Waals surface area contributed by atoms with Crippen LogP contribution in [0.5, 0.6) is 0 Å². The molecule has 0 fully saturated rings. The number of nitrogens with zero attached hydrogens (tertiary/aromatic N) is 2. The van der Waals surface area contributed by atoms with Gasteiger partial charge in [-0.25, -0.2) is 4.68 Å². The molecular weight excluding hydrogens is 236 g/mol. The predicted molar refractivity (Wildman–Crippen MR) is 75.2 cm³/mol. The van der Waals surface area contributed by atoms with E-state index in [0.29, 0.717) is 0 Å². The Hall–Kier alpha value is -2.42. The van der Waals surface area contributed by atoms with Crippen LogP contribution in [0.4, 0.5) is 0 Å². The fourth-order valence-electron chi connectivity index (χ4n) is 2.92. The Bertz CT molecular complexity index is 878. The molecule has 1 aromatic heterocycles. The van der Waals surface area contributed by atoms with Gasteiger partial charge >= 0.3 is 0 Å². The normalized spacial score (nSPS) is 12.5. The van der Waals surface area contributed by atoms with E-state index < -0.39 is 0 Å². The van der Waals surface area contributed by atoms with Gasteiger partial charge in [0.25, 0.3) is 5.56 Å². The average molecular weight is 248 g/mol. The van der Waals surface area contributed by atoms with Crippen LogP contribution < -0.4 is 5.56 Å². The Labute approximate surface area is 110 Å². The van der Waals surface area contributed by atoms with Crippen LogP contribution in [0, 0.1) is 0 Å². The number of fused-ring (bicyclic) bond motifs is 2. The van der Waals surface area contributed by atoms with Crippen molar-refractivity contribution < 1.29 is 0 Å². The molecule has 4 rings (SSSR count). The first-order valence-electron chi connectivity index (χ1n) is 6.33. The monoisotopic (exact) mass is 248 g/mol. The minimum atomic E-state index is -0.0278. The topological polar surface area (TPSA) is 34.9 Å². The molecule has 0 atom stereocenters. The summed E-state index contributed by atoms with van der Waals surface area (Å²) in [6.45, 7) is 0. The summed E-state index contributed by atoms with van der Waals surface area (Å²) in [6, 6.07) is 14.2. The second-order valence-corrected chi connectivity index (χ2v) is 4.95. The molecule has 2 aromatic carbocycles. The van der Waals surface area contributed by atoms with Crippen molar-refractivity contribution in [2.75, 3.05) is 0 Å². The van der Waals surface area contributed by atoms with Crippen LogP contribution in [-0.2, 0) is 13.5 Å². The Morgan fingerprint density at radius 3 is 2.74 bits per heavy atom. The van der Waals surface area contributed by atoms with Gasteiger partial charge in [0, 0.05) is 18.0 Å². The SMILES string of the molecule is Cn1nc2c3c(cccc3c1=O)Cc1ccccc1-2. The maximum atomic E-state index is 12.2. The summed E-state index contributed by atoms with van der Waals surface area (Å²) in [7, 11) is 1.71. The minimum absolute atomic E-state index is 0.0278. The third-order valence-electron chi connectivity index (χ3n) is 3.82. The Morgan fingerprint density at radius 2 is 1.84 bits per heavy atom. The summed E-state index contributed by atoms with van der Waals surface area (Å²) in [6.07, 6.45) is 0.870. The molecule has 3 heteroatoms. The number of aromatic nitrogens is 2. The molecule has 0 bridgehead atoms. The van der Waals surface area contributed by atoms with E-state index >= 15 is 0 Å². The third kappa shape index (κ3) is 1.32. The summed E-state index contributed by atoms with van der Waals surface area (Å²) in [5.74, 6) is 0. The largest absolute Gasteiger partial charge is 0.274 e. The first kappa shape index (κ1) is 10.5. The summed E-state index contributed by atoms with van der Waals surface area (Å²) in [5.41, 5.74) is 4.50. The van der Waals surface area contributed by atoms with Crippen LogP contribution in [0.1, 0.15) is 11.1 Å². The van der Waals surface area contributed by atoms with E-state index in [0.717, 1.165) is 28.5 Å². The first-order valence-corrected chi connectivity index (χ1v) is 6.33. The fraction of sp³-hybridized carbons (Fsp3) is 0.125. The highest BCUT2D eigenvalue weighted by Crippen LogP contribution is 2.36. The van der Waals surface area contributed by atoms with E-state index in [4.69, 9.17) is 0 Å². The first-order chi connectivity index (χ1) is 9.25. The van der Waals surface area contributed by atoms with Crippen molar-refractivity contribution in [3.05, 3.63) is 63.9 Å². The van der Waals surface area contributed by atoms with E-state index in [1.54, 1.807) is 7.05 Å². The molecule has 0 saturated heterocycles. The van der Waals surface area contributed by atoms with Crippen LogP contribution in [0.3, 0.4) is 0 Å². The zero-order valence-electron chi connectivity index (χ0n) is 10.6. The van der Waals surface area contributed by atoms with Gasteiger partial charge in [-0.15, -0.1) is 0 Å². The highest BCUT2D eigenvalue weighted by atomic mass is 16.1. The summed E-state index contributed by atoms with van der Waals surface area (Å²) in [5, 5.41) is 6.26. The lowest BCUT2D eigenvalue weighted by atomic mass is 9.87. The van der Waals surface area contributed by atoms with Crippen molar-refractivity contribution in [3.63, 3.8) is 0 Å². The van der Waals surface area contributed by atoms with Crippen molar-refractivity contribution >= 4 is 10.8 Å². The molecule has 0 radical (unpaired) electrons. The molecule has 1 heterocycles. The predicted octanol–water partition coefficient (Wildman–Crippen LogP) is 2.50. The van der Waals surface area contributed by atoms with Crippen molar-refractivity contribution in [2.45, 2.75) is 6.42 Å². The Balaban J connectivity index is 2.27. The number of hydrogen-bond donors (Lipinski definition) is 0. The van der Waals surface area contributed by atoms with Crippen LogP contribution in [-0.4, -0.2) is 9.78 Å². The zero-order chi connectivity index (χ0) is 13.0. The van der Waals surface area contributed by atoms with E-state index in [1.165, 1.54) is 15.8 Å². The van der Waals surface area contributed by atoms with Gasteiger partial charge in [0.2, 0.25) is 0 Å². The molecular formula is C16H12N2O. The minimum Gasteiger partial charge on any atom is -0.267 e. The van der Waals surface area contributed by atoms with Crippen LogP contribution in [0.15, 0.2) is 47.3 Å². The van der Waals surface area contributed by atoms with Gasteiger partial charge in [-0.05, 0) is 23.6 Å². The Kier molecular flexibility index (Phi) is 1.96. The Morgan fingerprint density at radius 1 is 1.05 bits per heavy atom. The summed E-state index contributed by atoms with van der Waals surface area (Å²) < 4.78 is 1.43. The molecule has 0 aliphatic heterocycles. The van der Waals surface area contributed by atoms with Gasteiger partial charge in [0.1, 0.15) is 0 Å². The van der Waals surface area contributed by atoms with Gasteiger partial charge < -0.3 is 0 Å². The molecule has 0 amide bonds. The molecule has 19 heavy (non-hydrogen) atoms. The van der Waals surface area contributed by atoms with Crippen molar-refractivity contribution in [2.24, 2.45) is 7.05 Å². The van der Waals surface area contributed by atoms with Gasteiger partial charge in [0.15, 0.2) is 0 Å². The van der Waals surface area contributed by atoms with Crippen molar-refractivity contribution in [1.82, 2.24) is 9.78 Å². The van der Waals surface area contributed by atoms with Gasteiger partial charge in [-0.2, -0.15) is 5.10 Å². The molecule has 3 aromatic rings. The molecule has 92 valence electrons. The molecule has 0 N–H and O–H groups in total. The highest BCUT2D eigenvalue weighted by molar-refractivity contribution is 5.99. The van der Waals surface area contributed by atoms with E-state index in [2.05, 4.69) is 23.3 Å². The van der Waals surface area contributed by atoms with E-state index in [9.17, 15) is 4.79 Å². The zero-order valence-corrected chi connectivity index (χ0v) is 10.6. The maximum absolute atomic E-state index is 12.2. The smallest absolute Gasteiger partial charge is 0.267 e. The second kappa shape index (κ2) is 3.54. The number of rotatable bonds is 0. The van der Waals surface area contributed by atoms with Crippen LogP contribution >= 0.6 is 0 Å². The quantitative estimate of drug-likeness (QED) is 0.479. The molecule has 0 spiro atoms. The summed E-state index contributed by atoms with van der Waals surface area (Å²) >= 11 is 0. The molecule has 1 aliphatic rings. The fourth-order valence-corrected chi connectivity index (χ4v) is 2.92. The standard InChI is InChI=1S/C16H12N2O/c1-18-16(19)13-8-4-6-11-9-10-5-2-3-7-12(10)15(17-18)14(11)13/h2-8H,9H2,1H3. The molecule has 0 saturated carbocycles. The lowest BCUT2D eigenvalue weighted by molar-refractivity contribution is 0.721. The van der Waals surface area contributed by atoms with Crippen LogP contribution in [0.25, 0.3) is 22.0 Å². The maximum Gasteiger partial charge on any atom is 0.274 e. The highest BCUT2D eigenvalue weighted by Gasteiger charge is 2.20. The van der Waals surface area contributed by atoms with Gasteiger partial charge in [-0.1, -0.05) is 36.4 Å².